The van der Waals surface area contributed by atoms with Crippen molar-refractivity contribution in [2.45, 2.75) is 20.8 Å². The van der Waals surface area contributed by atoms with E-state index in [1.807, 2.05) is 26.8 Å². The Balaban J connectivity index is 4.23. The second-order valence-electron chi connectivity index (χ2n) is 2.39. The molecule has 12 heavy (non-hydrogen) atoms. The average Bonchev–Trinajstić information content (AvgIpc) is 2.11. The smallest absolute Gasteiger partial charge is 0.207 e. The summed E-state index contributed by atoms with van der Waals surface area (Å²) in [5, 5.41) is 2.60. The number of nitrogens with one attached hydrogen (secondary N) is 1. The molecule has 0 radical (unpaired) electrons. The molecule has 0 spiro atoms. The third kappa shape index (κ3) is 3.91. The molecular formula is C9H16N2O. The molecule has 68 valence electrons. The lowest BCUT2D eigenvalue weighted by Crippen LogP contribution is -2.22. The van der Waals surface area contributed by atoms with Crippen LogP contribution in [0.3, 0.4) is 0 Å². The van der Waals surface area contributed by atoms with Gasteiger partial charge in [0, 0.05) is 6.54 Å². The standard InChI is InChI=1S/C9H16N2O/c1-4-8(3)9(11-5-2)6-10-7-12/h4,7H,5-6H2,1-3H3,(H,10,12)/b8-4-,11-9?. The van der Waals surface area contributed by atoms with Crippen molar-refractivity contribution < 1.29 is 4.79 Å². The summed E-state index contributed by atoms with van der Waals surface area (Å²) in [6.45, 7) is 7.20. The predicted molar refractivity (Wildman–Crippen MR) is 51.5 cm³/mol. The third-order valence-electron chi connectivity index (χ3n) is 1.59. The molecule has 3 heteroatoms. The van der Waals surface area contributed by atoms with E-state index in [2.05, 4.69) is 10.3 Å². The van der Waals surface area contributed by atoms with Crippen LogP contribution in [0.2, 0.25) is 0 Å². The molecule has 0 aromatic heterocycles. The van der Waals surface area contributed by atoms with Crippen molar-refractivity contribution in [2.24, 2.45) is 4.99 Å². The van der Waals surface area contributed by atoms with Crippen LogP contribution < -0.4 is 5.32 Å². The van der Waals surface area contributed by atoms with E-state index in [0.29, 0.717) is 13.0 Å². The van der Waals surface area contributed by atoms with Crippen LogP contribution in [0.1, 0.15) is 20.8 Å². The Kier molecular flexibility index (Phi) is 5.97. The van der Waals surface area contributed by atoms with Gasteiger partial charge in [-0.3, -0.25) is 9.79 Å². The summed E-state index contributed by atoms with van der Waals surface area (Å²) >= 11 is 0. The van der Waals surface area contributed by atoms with Crippen molar-refractivity contribution in [3.05, 3.63) is 11.6 Å². The first-order valence-corrected chi connectivity index (χ1v) is 4.09. The molecule has 0 rings (SSSR count). The van der Waals surface area contributed by atoms with E-state index in [4.69, 9.17) is 0 Å². The van der Waals surface area contributed by atoms with E-state index in [1.165, 1.54) is 0 Å². The molecule has 0 bridgehead atoms. The molecule has 0 unspecified atom stereocenters. The predicted octanol–water partition coefficient (Wildman–Crippen LogP) is 1.16. The van der Waals surface area contributed by atoms with E-state index in [1.54, 1.807) is 0 Å². The fraction of sp³-hybridized carbons (Fsp3) is 0.556. The van der Waals surface area contributed by atoms with E-state index in [9.17, 15) is 4.79 Å². The van der Waals surface area contributed by atoms with Crippen LogP contribution in [0, 0.1) is 0 Å². The van der Waals surface area contributed by atoms with Gasteiger partial charge in [-0.15, -0.1) is 0 Å². The van der Waals surface area contributed by atoms with Gasteiger partial charge in [0.15, 0.2) is 0 Å². The second-order valence-corrected chi connectivity index (χ2v) is 2.39. The Labute approximate surface area is 73.6 Å². The summed E-state index contributed by atoms with van der Waals surface area (Å²) in [5.74, 6) is 0. The molecule has 0 aliphatic heterocycles. The molecule has 0 heterocycles. The van der Waals surface area contributed by atoms with Gasteiger partial charge in [-0.25, -0.2) is 0 Å². The van der Waals surface area contributed by atoms with Gasteiger partial charge in [-0.2, -0.15) is 0 Å². The topological polar surface area (TPSA) is 41.5 Å². The fourth-order valence-corrected chi connectivity index (χ4v) is 0.816. The van der Waals surface area contributed by atoms with Crippen LogP contribution in [-0.4, -0.2) is 25.2 Å². The number of allylic oxidation sites excluding steroid dienone is 1. The number of carbonyl (C=O) groups is 1. The quantitative estimate of drug-likeness (QED) is 0.485. The van der Waals surface area contributed by atoms with Crippen LogP contribution >= 0.6 is 0 Å². The average molecular weight is 168 g/mol. The minimum absolute atomic E-state index is 0.521. The number of nitrogens with zero attached hydrogens (tertiary/aromatic N) is 1. The van der Waals surface area contributed by atoms with Gasteiger partial charge in [-0.05, 0) is 26.3 Å². The molecule has 3 nitrogen and oxygen atoms in total. The van der Waals surface area contributed by atoms with Gasteiger partial charge in [0.05, 0.1) is 12.3 Å². The molecule has 0 saturated carbocycles. The Bertz CT molecular complexity index is 195. The Morgan fingerprint density at radius 3 is 2.67 bits per heavy atom. The second kappa shape index (κ2) is 6.58. The Morgan fingerprint density at radius 1 is 1.58 bits per heavy atom. The number of rotatable bonds is 5. The zero-order valence-electron chi connectivity index (χ0n) is 7.92. The first kappa shape index (κ1) is 10.9. The molecule has 0 aromatic carbocycles. The molecule has 0 saturated heterocycles. The third-order valence-corrected chi connectivity index (χ3v) is 1.59. The maximum atomic E-state index is 10.0. The zero-order chi connectivity index (χ0) is 9.40. The summed E-state index contributed by atoms with van der Waals surface area (Å²) < 4.78 is 0. The minimum Gasteiger partial charge on any atom is -0.353 e. The van der Waals surface area contributed by atoms with Gasteiger partial charge < -0.3 is 5.32 Å². The molecule has 0 aromatic rings. The maximum Gasteiger partial charge on any atom is 0.207 e. The monoisotopic (exact) mass is 168 g/mol. The highest BCUT2D eigenvalue weighted by Gasteiger charge is 1.98. The summed E-state index contributed by atoms with van der Waals surface area (Å²) in [5.41, 5.74) is 2.07. The minimum atomic E-state index is 0.521. The van der Waals surface area contributed by atoms with E-state index in [0.717, 1.165) is 17.8 Å². The van der Waals surface area contributed by atoms with Crippen LogP contribution in [-0.2, 0) is 4.79 Å². The summed E-state index contributed by atoms with van der Waals surface area (Å²) in [7, 11) is 0. The molecule has 0 aliphatic carbocycles. The number of hydrogen-bond donors (Lipinski definition) is 1. The highest BCUT2D eigenvalue weighted by Crippen LogP contribution is 1.95. The Morgan fingerprint density at radius 2 is 2.25 bits per heavy atom. The number of aliphatic imine (C=N–C) groups is 1. The summed E-state index contributed by atoms with van der Waals surface area (Å²) in [6, 6.07) is 0. The molecule has 0 aliphatic rings. The van der Waals surface area contributed by atoms with Crippen molar-refractivity contribution in [3.63, 3.8) is 0 Å². The van der Waals surface area contributed by atoms with Gasteiger partial charge >= 0.3 is 0 Å². The first-order chi connectivity index (χ1) is 5.76. The van der Waals surface area contributed by atoms with Crippen LogP contribution in [0.25, 0.3) is 0 Å². The fourth-order valence-electron chi connectivity index (χ4n) is 0.816. The van der Waals surface area contributed by atoms with Gasteiger partial charge in [0.25, 0.3) is 0 Å². The van der Waals surface area contributed by atoms with Gasteiger partial charge in [0.2, 0.25) is 6.41 Å². The number of amides is 1. The lowest BCUT2D eigenvalue weighted by atomic mass is 10.2. The van der Waals surface area contributed by atoms with Crippen LogP contribution in [0.15, 0.2) is 16.6 Å². The number of carbonyl (C=O) groups excluding carboxylic acids is 1. The van der Waals surface area contributed by atoms with E-state index >= 15 is 0 Å². The first-order valence-electron chi connectivity index (χ1n) is 4.09. The summed E-state index contributed by atoms with van der Waals surface area (Å²) in [6.07, 6.45) is 2.68. The van der Waals surface area contributed by atoms with E-state index in [-0.39, 0.29) is 0 Å². The van der Waals surface area contributed by atoms with Crippen LogP contribution in [0.5, 0.6) is 0 Å². The van der Waals surface area contributed by atoms with E-state index < -0.39 is 0 Å². The highest BCUT2D eigenvalue weighted by molar-refractivity contribution is 6.01. The summed E-state index contributed by atoms with van der Waals surface area (Å²) in [4.78, 5) is 14.3. The van der Waals surface area contributed by atoms with Crippen molar-refractivity contribution in [3.8, 4) is 0 Å². The SMILES string of the molecule is C/C=C(/C)C(CNC=O)=NCC. The van der Waals surface area contributed by atoms with Crippen molar-refractivity contribution in [1.29, 1.82) is 0 Å². The van der Waals surface area contributed by atoms with Gasteiger partial charge in [-0.1, -0.05) is 6.08 Å². The molecule has 0 atom stereocenters. The van der Waals surface area contributed by atoms with Crippen molar-refractivity contribution >= 4 is 12.1 Å². The number of hydrogen-bond acceptors (Lipinski definition) is 2. The molecule has 0 fully saturated rings. The maximum absolute atomic E-state index is 10.0. The Hall–Kier alpha value is -1.12. The normalized spacial score (nSPS) is 12.9. The lowest BCUT2D eigenvalue weighted by Gasteiger charge is -2.04. The molecule has 1 N–H and O–H groups in total. The van der Waals surface area contributed by atoms with Crippen molar-refractivity contribution in [2.75, 3.05) is 13.1 Å². The zero-order valence-corrected chi connectivity index (χ0v) is 7.92. The van der Waals surface area contributed by atoms with Crippen molar-refractivity contribution in [1.82, 2.24) is 5.32 Å². The molecule has 1 amide bonds. The van der Waals surface area contributed by atoms with Gasteiger partial charge in [0.1, 0.15) is 0 Å². The largest absolute Gasteiger partial charge is 0.353 e. The van der Waals surface area contributed by atoms with Crippen LogP contribution in [0.4, 0.5) is 0 Å². The lowest BCUT2D eigenvalue weighted by molar-refractivity contribution is -0.109. The highest BCUT2D eigenvalue weighted by atomic mass is 16.1. The molecular weight excluding hydrogens is 152 g/mol.